The largest absolute Gasteiger partial charge is 0.494 e. The zero-order valence-corrected chi connectivity index (χ0v) is 20.7. The molecule has 0 aliphatic carbocycles. The van der Waals surface area contributed by atoms with Crippen molar-refractivity contribution in [1.82, 2.24) is 20.0 Å². The average Bonchev–Trinajstić information content (AvgIpc) is 3.05. The van der Waals surface area contributed by atoms with Crippen LogP contribution in [0.3, 0.4) is 0 Å². The molecule has 1 aromatic heterocycles. The van der Waals surface area contributed by atoms with Gasteiger partial charge in [-0.05, 0) is 75.8 Å². The van der Waals surface area contributed by atoms with Crippen molar-refractivity contribution in [2.75, 3.05) is 19.7 Å². The lowest BCUT2D eigenvalue weighted by molar-refractivity contribution is -0.122. The highest BCUT2D eigenvalue weighted by molar-refractivity contribution is 5.94. The van der Waals surface area contributed by atoms with Gasteiger partial charge in [-0.2, -0.15) is 5.10 Å². The lowest BCUT2D eigenvalue weighted by atomic mass is 10.0. The number of piperidine rings is 1. The number of aryl methyl sites for hydroxylation is 1. The number of nitrogens with one attached hydrogen (secondary N) is 1. The molecule has 7 nitrogen and oxygen atoms in total. The minimum absolute atomic E-state index is 0.0344. The minimum atomic E-state index is 0.0344. The van der Waals surface area contributed by atoms with Gasteiger partial charge in [-0.3, -0.25) is 14.3 Å². The number of nitrogens with zero attached hydrogens (tertiary/aromatic N) is 3. The summed E-state index contributed by atoms with van der Waals surface area (Å²) < 4.78 is 7.50. The first kappa shape index (κ1) is 24.8. The highest BCUT2D eigenvalue weighted by Gasteiger charge is 2.25. The fraction of sp³-hybridized carbons (Fsp3) is 0.577. The van der Waals surface area contributed by atoms with Gasteiger partial charge in [-0.25, -0.2) is 0 Å². The number of amides is 2. The van der Waals surface area contributed by atoms with Gasteiger partial charge in [0.25, 0.3) is 5.91 Å². The van der Waals surface area contributed by atoms with E-state index < -0.39 is 0 Å². The molecule has 0 spiro atoms. The third-order valence-corrected chi connectivity index (χ3v) is 6.23. The highest BCUT2D eigenvalue weighted by atomic mass is 16.5. The maximum atomic E-state index is 12.8. The van der Waals surface area contributed by atoms with Crippen LogP contribution in [0.4, 0.5) is 0 Å². The summed E-state index contributed by atoms with van der Waals surface area (Å²) >= 11 is 0. The molecule has 2 aromatic rings. The molecule has 3 rings (SSSR count). The molecule has 1 saturated heterocycles. The van der Waals surface area contributed by atoms with Gasteiger partial charge >= 0.3 is 0 Å². The number of hydrogen-bond donors (Lipinski definition) is 1. The van der Waals surface area contributed by atoms with Crippen molar-refractivity contribution < 1.29 is 14.3 Å². The Bertz CT molecular complexity index is 941. The van der Waals surface area contributed by atoms with Crippen LogP contribution in [-0.4, -0.2) is 52.2 Å². The number of carbonyl (C=O) groups is 2. The van der Waals surface area contributed by atoms with E-state index >= 15 is 0 Å². The van der Waals surface area contributed by atoms with Crippen molar-refractivity contribution in [1.29, 1.82) is 0 Å². The molecule has 1 aromatic carbocycles. The van der Waals surface area contributed by atoms with E-state index in [4.69, 9.17) is 4.74 Å². The Morgan fingerprint density at radius 2 is 1.82 bits per heavy atom. The summed E-state index contributed by atoms with van der Waals surface area (Å²) in [5, 5.41) is 7.82. The van der Waals surface area contributed by atoms with Crippen molar-refractivity contribution in [3.63, 3.8) is 0 Å². The number of likely N-dealkylation sites (tertiary alicyclic amines) is 1. The van der Waals surface area contributed by atoms with Gasteiger partial charge in [-0.1, -0.05) is 13.8 Å². The summed E-state index contributed by atoms with van der Waals surface area (Å²) in [6.45, 7) is 13.2. The second kappa shape index (κ2) is 11.3. The van der Waals surface area contributed by atoms with Crippen LogP contribution in [0.5, 0.6) is 5.75 Å². The smallest absolute Gasteiger partial charge is 0.253 e. The maximum absolute atomic E-state index is 12.8. The van der Waals surface area contributed by atoms with Gasteiger partial charge in [0, 0.05) is 43.4 Å². The number of aromatic nitrogens is 2. The van der Waals surface area contributed by atoms with Crippen molar-refractivity contribution in [3.8, 4) is 5.75 Å². The van der Waals surface area contributed by atoms with E-state index in [0.29, 0.717) is 44.0 Å². The van der Waals surface area contributed by atoms with E-state index in [2.05, 4.69) is 35.9 Å². The number of rotatable bonds is 9. The Hall–Kier alpha value is -2.83. The normalized spacial score (nSPS) is 14.5. The third kappa shape index (κ3) is 6.59. The monoisotopic (exact) mass is 454 g/mol. The first-order chi connectivity index (χ1) is 15.8. The van der Waals surface area contributed by atoms with E-state index in [1.54, 1.807) is 0 Å². The van der Waals surface area contributed by atoms with Crippen LogP contribution in [0.1, 0.15) is 67.3 Å². The van der Waals surface area contributed by atoms with E-state index in [0.717, 1.165) is 36.5 Å². The van der Waals surface area contributed by atoms with E-state index in [9.17, 15) is 9.59 Å². The van der Waals surface area contributed by atoms with Gasteiger partial charge in [0.2, 0.25) is 5.91 Å². The molecule has 0 saturated carbocycles. The summed E-state index contributed by atoms with van der Waals surface area (Å²) in [4.78, 5) is 27.2. The molecular weight excluding hydrogens is 416 g/mol. The van der Waals surface area contributed by atoms with Gasteiger partial charge in [0.1, 0.15) is 5.75 Å². The van der Waals surface area contributed by atoms with Crippen molar-refractivity contribution in [3.05, 3.63) is 46.8 Å². The standard InChI is InChI=1S/C26H38N4O3/c1-6-33-23-9-7-21(8-10-23)26(32)29-15-13-22(14-16-29)27-25(31)12-11-24-19(4)28-30(20(24)5)17-18(2)3/h7-10,18,22H,6,11-17H2,1-5H3,(H,27,31). The van der Waals surface area contributed by atoms with Crippen LogP contribution >= 0.6 is 0 Å². The molecule has 1 fully saturated rings. The van der Waals surface area contributed by atoms with Crippen molar-refractivity contribution in [2.45, 2.75) is 72.9 Å². The number of ether oxygens (including phenoxy) is 1. The Morgan fingerprint density at radius 1 is 1.15 bits per heavy atom. The Kier molecular flexibility index (Phi) is 8.53. The first-order valence-corrected chi connectivity index (χ1v) is 12.1. The van der Waals surface area contributed by atoms with E-state index in [-0.39, 0.29) is 17.9 Å². The highest BCUT2D eigenvalue weighted by Crippen LogP contribution is 2.19. The average molecular weight is 455 g/mol. The summed E-state index contributed by atoms with van der Waals surface area (Å²) in [5.74, 6) is 1.41. The molecule has 0 atom stereocenters. The van der Waals surface area contributed by atoms with Gasteiger partial charge in [0.15, 0.2) is 0 Å². The lowest BCUT2D eigenvalue weighted by Crippen LogP contribution is -2.46. The van der Waals surface area contributed by atoms with Gasteiger partial charge < -0.3 is 15.0 Å². The van der Waals surface area contributed by atoms with Crippen molar-refractivity contribution >= 4 is 11.8 Å². The Balaban J connectivity index is 1.45. The molecule has 7 heteroatoms. The molecule has 2 heterocycles. The predicted octanol–water partition coefficient (Wildman–Crippen LogP) is 3.91. The zero-order chi connectivity index (χ0) is 24.0. The van der Waals surface area contributed by atoms with E-state index in [1.807, 2.05) is 43.0 Å². The molecule has 0 unspecified atom stereocenters. The van der Waals surface area contributed by atoms with Gasteiger partial charge in [-0.15, -0.1) is 0 Å². The van der Waals surface area contributed by atoms with Crippen LogP contribution in [0, 0.1) is 19.8 Å². The minimum Gasteiger partial charge on any atom is -0.494 e. The third-order valence-electron chi connectivity index (χ3n) is 6.23. The molecular formula is C26H38N4O3. The van der Waals surface area contributed by atoms with Crippen LogP contribution < -0.4 is 10.1 Å². The molecule has 33 heavy (non-hydrogen) atoms. The molecule has 180 valence electrons. The topological polar surface area (TPSA) is 76.5 Å². The Labute approximate surface area is 197 Å². The molecule has 1 N–H and O–H groups in total. The van der Waals surface area contributed by atoms with Crippen LogP contribution in [-0.2, 0) is 17.8 Å². The Morgan fingerprint density at radius 3 is 2.42 bits per heavy atom. The number of benzene rings is 1. The fourth-order valence-corrected chi connectivity index (χ4v) is 4.43. The summed E-state index contributed by atoms with van der Waals surface area (Å²) in [6, 6.07) is 7.41. The molecule has 0 radical (unpaired) electrons. The first-order valence-electron chi connectivity index (χ1n) is 12.1. The molecule has 2 amide bonds. The van der Waals surface area contributed by atoms with Crippen LogP contribution in [0.15, 0.2) is 24.3 Å². The van der Waals surface area contributed by atoms with E-state index in [1.165, 1.54) is 5.56 Å². The second-order valence-electron chi connectivity index (χ2n) is 9.32. The molecule has 1 aliphatic heterocycles. The predicted molar refractivity (Wildman–Crippen MR) is 130 cm³/mol. The van der Waals surface area contributed by atoms with Crippen LogP contribution in [0.25, 0.3) is 0 Å². The maximum Gasteiger partial charge on any atom is 0.253 e. The number of hydrogen-bond acceptors (Lipinski definition) is 4. The summed E-state index contributed by atoms with van der Waals surface area (Å²) in [6.07, 6.45) is 2.72. The van der Waals surface area contributed by atoms with Crippen LogP contribution in [0.2, 0.25) is 0 Å². The summed E-state index contributed by atoms with van der Waals surface area (Å²) in [5.41, 5.74) is 4.03. The molecule has 1 aliphatic rings. The second-order valence-corrected chi connectivity index (χ2v) is 9.32. The quantitative estimate of drug-likeness (QED) is 0.623. The zero-order valence-electron chi connectivity index (χ0n) is 20.7. The van der Waals surface area contributed by atoms with Gasteiger partial charge in [0.05, 0.1) is 12.3 Å². The fourth-order valence-electron chi connectivity index (χ4n) is 4.43. The summed E-state index contributed by atoms with van der Waals surface area (Å²) in [7, 11) is 0. The molecule has 0 bridgehead atoms. The SMILES string of the molecule is CCOc1ccc(C(=O)N2CCC(NC(=O)CCc3c(C)nn(CC(C)C)c3C)CC2)cc1. The number of carbonyl (C=O) groups excluding carboxylic acids is 2. The lowest BCUT2D eigenvalue weighted by Gasteiger charge is -2.32. The van der Waals surface area contributed by atoms with Crippen molar-refractivity contribution in [2.24, 2.45) is 5.92 Å².